The SMILES string of the molecule is CCc1nc2n(c(=O)c1CCN1CCC(c3noc4cc(C)ccc34)CC1)CCCC2O. The molecule has 2 aromatic heterocycles. The number of aromatic nitrogens is 3. The molecule has 0 aliphatic carbocycles. The average Bonchev–Trinajstić information content (AvgIpc) is 3.22. The van der Waals surface area contributed by atoms with E-state index in [0.29, 0.717) is 37.5 Å². The second-order valence-electron chi connectivity index (χ2n) is 9.30. The third kappa shape index (κ3) is 3.88. The lowest BCUT2D eigenvalue weighted by atomic mass is 9.91. The molecule has 170 valence electrons. The van der Waals surface area contributed by atoms with Crippen LogP contribution in [0.25, 0.3) is 11.0 Å². The van der Waals surface area contributed by atoms with E-state index in [1.807, 2.05) is 6.92 Å². The zero-order valence-corrected chi connectivity index (χ0v) is 19.0. The molecule has 2 aliphatic heterocycles. The molecule has 7 nitrogen and oxygen atoms in total. The zero-order chi connectivity index (χ0) is 22.2. The first-order chi connectivity index (χ1) is 15.5. The van der Waals surface area contributed by atoms with Crippen molar-refractivity contribution in [3.8, 4) is 0 Å². The Kier molecular flexibility index (Phi) is 5.86. The summed E-state index contributed by atoms with van der Waals surface area (Å²) in [4.78, 5) is 20.3. The normalized spacial score (nSPS) is 20.0. The van der Waals surface area contributed by atoms with Gasteiger partial charge in [0.1, 0.15) is 11.9 Å². The number of fused-ring (bicyclic) bond motifs is 2. The molecule has 0 saturated carbocycles. The van der Waals surface area contributed by atoms with Gasteiger partial charge in [0.15, 0.2) is 5.58 Å². The van der Waals surface area contributed by atoms with Gasteiger partial charge in [-0.05, 0) is 76.2 Å². The largest absolute Gasteiger partial charge is 0.385 e. The molecule has 1 saturated heterocycles. The van der Waals surface area contributed by atoms with Gasteiger partial charge in [0.2, 0.25) is 0 Å². The summed E-state index contributed by atoms with van der Waals surface area (Å²) in [5.41, 5.74) is 4.86. The molecule has 4 heterocycles. The Labute approximate surface area is 188 Å². The van der Waals surface area contributed by atoms with E-state index in [1.54, 1.807) is 4.57 Å². The Morgan fingerprint density at radius 1 is 1.19 bits per heavy atom. The van der Waals surface area contributed by atoms with Gasteiger partial charge >= 0.3 is 0 Å². The quantitative estimate of drug-likeness (QED) is 0.659. The molecule has 3 aromatic rings. The molecule has 0 radical (unpaired) electrons. The number of rotatable bonds is 5. The van der Waals surface area contributed by atoms with E-state index >= 15 is 0 Å². The predicted octanol–water partition coefficient (Wildman–Crippen LogP) is 3.50. The monoisotopic (exact) mass is 436 g/mol. The standard InChI is InChI=1S/C25H32N4O3/c1-3-20-18(25(31)29-11-4-5-21(30)24(29)26-20)10-14-28-12-8-17(9-13-28)23-19-7-6-16(2)15-22(19)32-27-23/h6-7,15,17,21,30H,3-5,8-14H2,1-2H3. The summed E-state index contributed by atoms with van der Waals surface area (Å²) in [7, 11) is 0. The summed E-state index contributed by atoms with van der Waals surface area (Å²) >= 11 is 0. The molecule has 1 N–H and O–H groups in total. The minimum Gasteiger partial charge on any atom is -0.385 e. The lowest BCUT2D eigenvalue weighted by Gasteiger charge is -2.31. The number of likely N-dealkylation sites (tertiary alicyclic amines) is 1. The van der Waals surface area contributed by atoms with Crippen molar-refractivity contribution in [1.29, 1.82) is 0 Å². The number of aryl methyl sites for hydroxylation is 2. The molecule has 1 fully saturated rings. The van der Waals surface area contributed by atoms with Crippen LogP contribution in [0.2, 0.25) is 0 Å². The summed E-state index contributed by atoms with van der Waals surface area (Å²) in [6.45, 7) is 7.60. The van der Waals surface area contributed by atoms with Crippen molar-refractivity contribution in [3.63, 3.8) is 0 Å². The van der Waals surface area contributed by atoms with Crippen molar-refractivity contribution in [2.75, 3.05) is 19.6 Å². The maximum atomic E-state index is 13.1. The van der Waals surface area contributed by atoms with Gasteiger partial charge in [0.25, 0.3) is 5.56 Å². The lowest BCUT2D eigenvalue weighted by molar-refractivity contribution is 0.129. The second kappa shape index (κ2) is 8.79. The fourth-order valence-corrected chi connectivity index (χ4v) is 5.30. The summed E-state index contributed by atoms with van der Waals surface area (Å²) in [6, 6.07) is 6.30. The fourth-order valence-electron chi connectivity index (χ4n) is 5.30. The van der Waals surface area contributed by atoms with Crippen LogP contribution >= 0.6 is 0 Å². The number of aliphatic hydroxyl groups excluding tert-OH is 1. The van der Waals surface area contributed by atoms with Gasteiger partial charge in [-0.15, -0.1) is 0 Å². The Bertz CT molecular complexity index is 1170. The van der Waals surface area contributed by atoms with E-state index in [-0.39, 0.29) is 5.56 Å². The van der Waals surface area contributed by atoms with Gasteiger partial charge in [-0.2, -0.15) is 0 Å². The van der Waals surface area contributed by atoms with Crippen molar-refractivity contribution in [1.82, 2.24) is 19.6 Å². The number of hydrogen-bond donors (Lipinski definition) is 1. The molecule has 2 aliphatic rings. The van der Waals surface area contributed by atoms with E-state index in [4.69, 9.17) is 9.51 Å². The Balaban J connectivity index is 1.26. The summed E-state index contributed by atoms with van der Waals surface area (Å²) in [6.07, 6.45) is 4.41. The maximum Gasteiger partial charge on any atom is 0.257 e. The zero-order valence-electron chi connectivity index (χ0n) is 19.0. The van der Waals surface area contributed by atoms with E-state index in [9.17, 15) is 9.90 Å². The van der Waals surface area contributed by atoms with Gasteiger partial charge in [-0.3, -0.25) is 9.36 Å². The van der Waals surface area contributed by atoms with Gasteiger partial charge in [0.05, 0.1) is 11.4 Å². The topological polar surface area (TPSA) is 84.4 Å². The minimum atomic E-state index is -0.619. The third-order valence-corrected chi connectivity index (χ3v) is 7.18. The van der Waals surface area contributed by atoms with Crippen LogP contribution in [0.15, 0.2) is 27.5 Å². The summed E-state index contributed by atoms with van der Waals surface area (Å²) in [5, 5.41) is 15.8. The van der Waals surface area contributed by atoms with Crippen LogP contribution in [0.1, 0.15) is 73.0 Å². The van der Waals surface area contributed by atoms with E-state index in [1.165, 1.54) is 5.56 Å². The van der Waals surface area contributed by atoms with Crippen molar-refractivity contribution in [3.05, 3.63) is 56.9 Å². The predicted molar refractivity (Wildman–Crippen MR) is 123 cm³/mol. The Hall–Kier alpha value is -2.51. The molecule has 32 heavy (non-hydrogen) atoms. The van der Waals surface area contributed by atoms with Crippen LogP contribution in [0.4, 0.5) is 0 Å². The third-order valence-electron chi connectivity index (χ3n) is 7.18. The van der Waals surface area contributed by atoms with Crippen LogP contribution in [0.3, 0.4) is 0 Å². The van der Waals surface area contributed by atoms with Crippen molar-refractivity contribution in [2.24, 2.45) is 0 Å². The summed E-state index contributed by atoms with van der Waals surface area (Å²) < 4.78 is 7.28. The number of hydrogen-bond acceptors (Lipinski definition) is 6. The molecule has 1 unspecified atom stereocenters. The van der Waals surface area contributed by atoms with Gasteiger partial charge in [0, 0.05) is 30.0 Å². The lowest BCUT2D eigenvalue weighted by Crippen LogP contribution is -2.38. The van der Waals surface area contributed by atoms with E-state index in [2.05, 4.69) is 35.2 Å². The molecule has 1 aromatic carbocycles. The smallest absolute Gasteiger partial charge is 0.257 e. The van der Waals surface area contributed by atoms with E-state index in [0.717, 1.165) is 66.8 Å². The molecule has 7 heteroatoms. The van der Waals surface area contributed by atoms with Crippen molar-refractivity contribution >= 4 is 11.0 Å². The molecule has 5 rings (SSSR count). The van der Waals surface area contributed by atoms with Gasteiger partial charge < -0.3 is 14.5 Å². The number of benzene rings is 1. The molecule has 0 spiro atoms. The highest BCUT2D eigenvalue weighted by molar-refractivity contribution is 5.80. The number of piperidine rings is 1. The van der Waals surface area contributed by atoms with Crippen LogP contribution in [0.5, 0.6) is 0 Å². The minimum absolute atomic E-state index is 0.0462. The van der Waals surface area contributed by atoms with Gasteiger partial charge in [-0.25, -0.2) is 4.98 Å². The van der Waals surface area contributed by atoms with Crippen molar-refractivity contribution in [2.45, 2.75) is 70.9 Å². The molecule has 0 bridgehead atoms. The highest BCUT2D eigenvalue weighted by atomic mass is 16.5. The van der Waals surface area contributed by atoms with Crippen LogP contribution in [0, 0.1) is 6.92 Å². The highest BCUT2D eigenvalue weighted by Crippen LogP contribution is 2.33. The first kappa shape index (κ1) is 21.3. The van der Waals surface area contributed by atoms with E-state index < -0.39 is 6.10 Å². The van der Waals surface area contributed by atoms with Crippen molar-refractivity contribution < 1.29 is 9.63 Å². The Morgan fingerprint density at radius 2 is 2.00 bits per heavy atom. The van der Waals surface area contributed by atoms with Gasteiger partial charge in [-0.1, -0.05) is 18.1 Å². The summed E-state index contributed by atoms with van der Waals surface area (Å²) in [5.74, 6) is 0.969. The van der Waals surface area contributed by atoms with Crippen LogP contribution in [-0.4, -0.2) is 44.3 Å². The average molecular weight is 437 g/mol. The first-order valence-corrected chi connectivity index (χ1v) is 11.9. The Morgan fingerprint density at radius 3 is 2.78 bits per heavy atom. The number of aliphatic hydroxyl groups is 1. The molecule has 1 atom stereocenters. The number of nitrogens with zero attached hydrogens (tertiary/aromatic N) is 4. The fraction of sp³-hybridized carbons (Fsp3) is 0.560. The second-order valence-corrected chi connectivity index (χ2v) is 9.30. The molecule has 0 amide bonds. The van der Waals surface area contributed by atoms with Crippen LogP contribution in [-0.2, 0) is 19.4 Å². The molecular weight excluding hydrogens is 404 g/mol. The highest BCUT2D eigenvalue weighted by Gasteiger charge is 2.27. The maximum absolute atomic E-state index is 13.1. The van der Waals surface area contributed by atoms with Crippen LogP contribution < -0.4 is 5.56 Å². The molecular formula is C25H32N4O3. The first-order valence-electron chi connectivity index (χ1n) is 11.9.